The second kappa shape index (κ2) is 6.19. The number of fused-ring (bicyclic) bond motifs is 1. The molecule has 0 bridgehead atoms. The van der Waals surface area contributed by atoms with E-state index < -0.39 is 12.0 Å². The first-order chi connectivity index (χ1) is 9.88. The van der Waals surface area contributed by atoms with Crippen LogP contribution in [0, 0.1) is 5.92 Å². The molecule has 8 nitrogen and oxygen atoms in total. The molecule has 0 radical (unpaired) electrons. The number of piperazine rings is 1. The van der Waals surface area contributed by atoms with Gasteiger partial charge in [-0.1, -0.05) is 13.8 Å². The van der Waals surface area contributed by atoms with Crippen LogP contribution in [0.25, 0.3) is 0 Å². The van der Waals surface area contributed by atoms with Gasteiger partial charge in [-0.3, -0.25) is 0 Å². The summed E-state index contributed by atoms with van der Waals surface area (Å²) in [5.74, 6) is -0.840. The molecular weight excluding hydrogens is 276 g/mol. The van der Waals surface area contributed by atoms with Crippen LogP contribution in [0.5, 0.6) is 0 Å². The summed E-state index contributed by atoms with van der Waals surface area (Å²) in [6, 6.07) is -1.37. The van der Waals surface area contributed by atoms with E-state index in [1.54, 1.807) is 9.80 Å². The van der Waals surface area contributed by atoms with Crippen molar-refractivity contribution in [2.45, 2.75) is 32.4 Å². The molecule has 21 heavy (non-hydrogen) atoms. The zero-order valence-electron chi connectivity index (χ0n) is 12.3. The van der Waals surface area contributed by atoms with Crippen molar-refractivity contribution in [2.24, 2.45) is 5.92 Å². The highest BCUT2D eigenvalue weighted by Gasteiger charge is 2.37. The average molecular weight is 298 g/mol. The van der Waals surface area contributed by atoms with Crippen LogP contribution in [0.15, 0.2) is 0 Å². The lowest BCUT2D eigenvalue weighted by atomic mass is 10.0. The third-order valence-electron chi connectivity index (χ3n) is 3.82. The van der Waals surface area contributed by atoms with Gasteiger partial charge in [-0.2, -0.15) is 0 Å². The van der Waals surface area contributed by atoms with E-state index in [9.17, 15) is 14.4 Å². The van der Waals surface area contributed by atoms with Gasteiger partial charge in [0.1, 0.15) is 6.04 Å². The third kappa shape index (κ3) is 3.56. The minimum absolute atomic E-state index is 0.0228. The van der Waals surface area contributed by atoms with Crippen molar-refractivity contribution < 1.29 is 19.5 Å². The number of carbonyl (C=O) groups excluding carboxylic acids is 2. The Hall–Kier alpha value is -1.99. The molecule has 8 heteroatoms. The predicted octanol–water partition coefficient (Wildman–Crippen LogP) is -0.0953. The van der Waals surface area contributed by atoms with E-state index in [1.807, 2.05) is 13.8 Å². The SMILES string of the molecule is CC(C)C[C@H](NC(=O)N1CCN2C(=O)NCC2C1)C(=O)O. The molecule has 2 aliphatic heterocycles. The number of carbonyl (C=O) groups is 3. The van der Waals surface area contributed by atoms with Gasteiger partial charge >= 0.3 is 18.0 Å². The summed E-state index contributed by atoms with van der Waals surface area (Å²) in [5.41, 5.74) is 0. The summed E-state index contributed by atoms with van der Waals surface area (Å²) in [5, 5.41) is 14.5. The molecule has 1 unspecified atom stereocenters. The van der Waals surface area contributed by atoms with E-state index in [0.717, 1.165) is 0 Å². The van der Waals surface area contributed by atoms with Gasteiger partial charge in [0.15, 0.2) is 0 Å². The van der Waals surface area contributed by atoms with Crippen LogP contribution in [0.2, 0.25) is 0 Å². The van der Waals surface area contributed by atoms with Crippen LogP contribution < -0.4 is 10.6 Å². The molecular formula is C13H22N4O4. The van der Waals surface area contributed by atoms with Gasteiger partial charge in [-0.15, -0.1) is 0 Å². The molecule has 2 atom stereocenters. The van der Waals surface area contributed by atoms with Gasteiger partial charge in [0.05, 0.1) is 6.04 Å². The lowest BCUT2D eigenvalue weighted by molar-refractivity contribution is -0.139. The van der Waals surface area contributed by atoms with Crippen LogP contribution in [-0.4, -0.2) is 71.2 Å². The number of nitrogens with one attached hydrogen (secondary N) is 2. The zero-order valence-corrected chi connectivity index (χ0v) is 12.3. The largest absolute Gasteiger partial charge is 0.480 e. The lowest BCUT2D eigenvalue weighted by Gasteiger charge is -2.36. The Bertz CT molecular complexity index is 440. The van der Waals surface area contributed by atoms with Crippen LogP contribution in [0.4, 0.5) is 9.59 Å². The number of rotatable bonds is 4. The molecule has 2 heterocycles. The zero-order chi connectivity index (χ0) is 15.6. The van der Waals surface area contributed by atoms with E-state index >= 15 is 0 Å². The Kier molecular flexibility index (Phi) is 4.54. The average Bonchev–Trinajstić information content (AvgIpc) is 2.78. The number of carboxylic acid groups (broad SMARTS) is 1. The summed E-state index contributed by atoms with van der Waals surface area (Å²) < 4.78 is 0. The van der Waals surface area contributed by atoms with Gasteiger partial charge in [0.25, 0.3) is 0 Å². The lowest BCUT2D eigenvalue weighted by Crippen LogP contribution is -2.57. The van der Waals surface area contributed by atoms with Crippen LogP contribution in [-0.2, 0) is 4.79 Å². The molecule has 2 fully saturated rings. The second-order valence-corrected chi connectivity index (χ2v) is 5.95. The fourth-order valence-electron chi connectivity index (χ4n) is 2.72. The number of amides is 4. The molecule has 0 aromatic rings. The summed E-state index contributed by atoms with van der Waals surface area (Å²) in [6.45, 7) is 5.68. The van der Waals surface area contributed by atoms with E-state index in [1.165, 1.54) is 0 Å². The molecule has 2 rings (SSSR count). The van der Waals surface area contributed by atoms with Crippen LogP contribution in [0.3, 0.4) is 0 Å². The van der Waals surface area contributed by atoms with Gasteiger partial charge in [-0.25, -0.2) is 14.4 Å². The highest BCUT2D eigenvalue weighted by molar-refractivity contribution is 5.83. The van der Waals surface area contributed by atoms with Crippen molar-refractivity contribution in [1.29, 1.82) is 0 Å². The molecule has 0 aromatic carbocycles. The minimum atomic E-state index is -1.02. The van der Waals surface area contributed by atoms with Gasteiger partial charge in [-0.05, 0) is 12.3 Å². The Balaban J connectivity index is 1.91. The minimum Gasteiger partial charge on any atom is -0.480 e. The van der Waals surface area contributed by atoms with Gasteiger partial charge in [0.2, 0.25) is 0 Å². The maximum absolute atomic E-state index is 12.2. The first-order valence-electron chi connectivity index (χ1n) is 7.21. The quantitative estimate of drug-likeness (QED) is 0.674. The molecule has 3 N–H and O–H groups in total. The van der Waals surface area contributed by atoms with Gasteiger partial charge < -0.3 is 25.5 Å². The molecule has 0 saturated carbocycles. The number of aliphatic carboxylic acids is 1. The summed E-state index contributed by atoms with van der Waals surface area (Å²) >= 11 is 0. The number of nitrogens with zero attached hydrogens (tertiary/aromatic N) is 2. The monoisotopic (exact) mass is 298 g/mol. The van der Waals surface area contributed by atoms with Crippen molar-refractivity contribution in [3.63, 3.8) is 0 Å². The normalized spacial score (nSPS) is 22.8. The highest BCUT2D eigenvalue weighted by Crippen LogP contribution is 2.14. The maximum Gasteiger partial charge on any atom is 0.326 e. The number of carboxylic acids is 1. The molecule has 0 spiro atoms. The molecule has 118 valence electrons. The number of hydrogen-bond acceptors (Lipinski definition) is 3. The van der Waals surface area contributed by atoms with E-state index in [-0.39, 0.29) is 24.0 Å². The van der Waals surface area contributed by atoms with E-state index in [2.05, 4.69) is 10.6 Å². The van der Waals surface area contributed by atoms with Crippen molar-refractivity contribution in [3.05, 3.63) is 0 Å². The fourth-order valence-corrected chi connectivity index (χ4v) is 2.72. The topological polar surface area (TPSA) is 102 Å². The molecule has 0 aliphatic carbocycles. The number of urea groups is 2. The Morgan fingerprint density at radius 3 is 2.76 bits per heavy atom. The Morgan fingerprint density at radius 1 is 1.43 bits per heavy atom. The van der Waals surface area contributed by atoms with Crippen molar-refractivity contribution in [1.82, 2.24) is 20.4 Å². The van der Waals surface area contributed by atoms with Crippen molar-refractivity contribution in [2.75, 3.05) is 26.2 Å². The van der Waals surface area contributed by atoms with Crippen molar-refractivity contribution >= 4 is 18.0 Å². The first kappa shape index (κ1) is 15.4. The first-order valence-corrected chi connectivity index (χ1v) is 7.21. The standard InChI is InChI=1S/C13H22N4O4/c1-8(2)5-10(11(18)19)15-13(21)16-3-4-17-9(7-16)6-14-12(17)20/h8-10H,3-7H2,1-2H3,(H,14,20)(H,15,21)(H,18,19)/t9?,10-/m0/s1. The van der Waals surface area contributed by atoms with E-state index in [4.69, 9.17) is 5.11 Å². The molecule has 0 aromatic heterocycles. The molecule has 4 amide bonds. The maximum atomic E-state index is 12.2. The summed E-state index contributed by atoms with van der Waals surface area (Å²) in [6.07, 6.45) is 0.393. The third-order valence-corrected chi connectivity index (χ3v) is 3.82. The summed E-state index contributed by atoms with van der Waals surface area (Å²) in [7, 11) is 0. The highest BCUT2D eigenvalue weighted by atomic mass is 16.4. The van der Waals surface area contributed by atoms with E-state index in [0.29, 0.717) is 32.6 Å². The van der Waals surface area contributed by atoms with Crippen LogP contribution >= 0.6 is 0 Å². The molecule has 2 saturated heterocycles. The predicted molar refractivity (Wildman–Crippen MR) is 74.9 cm³/mol. The smallest absolute Gasteiger partial charge is 0.326 e. The van der Waals surface area contributed by atoms with Crippen LogP contribution in [0.1, 0.15) is 20.3 Å². The fraction of sp³-hybridized carbons (Fsp3) is 0.769. The van der Waals surface area contributed by atoms with Crippen molar-refractivity contribution in [3.8, 4) is 0 Å². The second-order valence-electron chi connectivity index (χ2n) is 5.95. The number of hydrogen-bond donors (Lipinski definition) is 3. The Labute approximate surface area is 123 Å². The Morgan fingerprint density at radius 2 is 2.14 bits per heavy atom. The van der Waals surface area contributed by atoms with Gasteiger partial charge in [0, 0.05) is 26.2 Å². The summed E-state index contributed by atoms with van der Waals surface area (Å²) in [4.78, 5) is 38.2. The molecule has 2 aliphatic rings.